The molecule has 0 saturated heterocycles. The van der Waals surface area contributed by atoms with Crippen molar-refractivity contribution in [2.24, 2.45) is 5.41 Å². The summed E-state index contributed by atoms with van der Waals surface area (Å²) in [4.78, 5) is 11.3. The summed E-state index contributed by atoms with van der Waals surface area (Å²) in [5.41, 5.74) is -0.127. The minimum atomic E-state index is -0.127. The average Bonchev–Trinajstić information content (AvgIpc) is 2.08. The Labute approximate surface area is 77.6 Å². The van der Waals surface area contributed by atoms with Gasteiger partial charge in [-0.05, 0) is 12.8 Å². The van der Waals surface area contributed by atoms with Gasteiger partial charge in [0.15, 0.2) is 0 Å². The van der Waals surface area contributed by atoms with Crippen LogP contribution in [0.1, 0.15) is 47.0 Å². The molecule has 12 heavy (non-hydrogen) atoms. The molecule has 0 atom stereocenters. The molecule has 0 aliphatic carbocycles. The Kier molecular flexibility index (Phi) is 8.46. The molecule has 0 aliphatic heterocycles. The monoisotopic (exact) mass is 170 g/mol. The van der Waals surface area contributed by atoms with Gasteiger partial charge in [0.2, 0.25) is 0 Å². The van der Waals surface area contributed by atoms with Crippen LogP contribution < -0.4 is 0 Å². The van der Waals surface area contributed by atoms with Crippen LogP contribution in [0, 0.1) is 19.3 Å². The fraction of sp³-hybridized carbons (Fsp3) is 0.727. The SMILES string of the molecule is [CH2+]C.[CH2-]CCC(=O)C(C)(C)CC. The van der Waals surface area contributed by atoms with Crippen LogP contribution in [0.5, 0.6) is 0 Å². The lowest BCUT2D eigenvalue weighted by molar-refractivity contribution is -0.127. The molecule has 0 aromatic rings. The Morgan fingerprint density at radius 3 is 2.08 bits per heavy atom. The van der Waals surface area contributed by atoms with Crippen molar-refractivity contribution in [3.8, 4) is 0 Å². The molecule has 0 rings (SSSR count). The summed E-state index contributed by atoms with van der Waals surface area (Å²) in [7, 11) is 0. The molecule has 0 aromatic carbocycles. The van der Waals surface area contributed by atoms with Crippen LogP contribution in [0.15, 0.2) is 0 Å². The minimum absolute atomic E-state index is 0.127. The van der Waals surface area contributed by atoms with Crippen LogP contribution in [0.2, 0.25) is 0 Å². The minimum Gasteiger partial charge on any atom is -0.343 e. The van der Waals surface area contributed by atoms with Crippen LogP contribution in [0.4, 0.5) is 0 Å². The molecule has 0 unspecified atom stereocenters. The first kappa shape index (κ1) is 14.1. The maximum absolute atomic E-state index is 11.3. The van der Waals surface area contributed by atoms with E-state index in [9.17, 15) is 4.79 Å². The van der Waals surface area contributed by atoms with Gasteiger partial charge in [0.25, 0.3) is 0 Å². The molecular formula is C11H22O. The van der Waals surface area contributed by atoms with E-state index < -0.39 is 0 Å². The molecule has 0 heterocycles. The van der Waals surface area contributed by atoms with Gasteiger partial charge in [0.05, 0.1) is 13.8 Å². The Hall–Kier alpha value is -0.460. The Morgan fingerprint density at radius 1 is 1.42 bits per heavy atom. The number of hydrogen-bond acceptors (Lipinski definition) is 1. The summed E-state index contributed by atoms with van der Waals surface area (Å²) in [5, 5.41) is 0. The quantitative estimate of drug-likeness (QED) is 0.591. The smallest absolute Gasteiger partial charge is 0.135 e. The van der Waals surface area contributed by atoms with Crippen molar-refractivity contribution in [2.75, 3.05) is 0 Å². The third-order valence-corrected chi connectivity index (χ3v) is 2.04. The first-order valence-corrected chi connectivity index (χ1v) is 4.58. The van der Waals surface area contributed by atoms with Crippen molar-refractivity contribution in [1.29, 1.82) is 0 Å². The number of hydrogen-bond donors (Lipinski definition) is 0. The number of ketones is 1. The molecule has 0 fully saturated rings. The maximum atomic E-state index is 11.3. The van der Waals surface area contributed by atoms with Crippen LogP contribution in [0.25, 0.3) is 0 Å². The van der Waals surface area contributed by atoms with E-state index >= 15 is 0 Å². The third kappa shape index (κ3) is 5.22. The summed E-state index contributed by atoms with van der Waals surface area (Å²) in [6, 6.07) is 0. The highest BCUT2D eigenvalue weighted by molar-refractivity contribution is 5.83. The summed E-state index contributed by atoms with van der Waals surface area (Å²) in [6.45, 7) is 14.7. The number of rotatable bonds is 4. The van der Waals surface area contributed by atoms with Crippen LogP contribution in [-0.4, -0.2) is 5.78 Å². The molecule has 0 saturated carbocycles. The Morgan fingerprint density at radius 2 is 1.83 bits per heavy atom. The van der Waals surface area contributed by atoms with E-state index in [2.05, 4.69) is 13.8 Å². The van der Waals surface area contributed by atoms with E-state index in [1.54, 1.807) is 6.92 Å². The third-order valence-electron chi connectivity index (χ3n) is 2.04. The molecule has 1 heteroatoms. The highest BCUT2D eigenvalue weighted by atomic mass is 16.1. The predicted molar refractivity (Wildman–Crippen MR) is 54.7 cm³/mol. The molecule has 0 amide bonds. The van der Waals surface area contributed by atoms with Crippen LogP contribution >= 0.6 is 0 Å². The van der Waals surface area contributed by atoms with Crippen molar-refractivity contribution in [2.45, 2.75) is 47.0 Å². The molecule has 0 radical (unpaired) electrons. The second-order valence-corrected chi connectivity index (χ2v) is 3.26. The Bertz CT molecular complexity index is 114. The molecule has 0 bridgehead atoms. The van der Waals surface area contributed by atoms with Gasteiger partial charge < -0.3 is 6.92 Å². The molecule has 0 N–H and O–H groups in total. The van der Waals surface area contributed by atoms with E-state index in [-0.39, 0.29) is 5.41 Å². The van der Waals surface area contributed by atoms with Gasteiger partial charge in [-0.25, -0.2) is 0 Å². The van der Waals surface area contributed by atoms with Gasteiger partial charge in [-0.15, -0.1) is 0 Å². The standard InChI is InChI=1S/C9H17O.C2H5/c1-5-7-8(10)9(3,4)6-2;1-2/h1,5-7H2,2-4H3;1H2,2H3/q-1;+1. The van der Waals surface area contributed by atoms with Gasteiger partial charge >= 0.3 is 0 Å². The second kappa shape index (κ2) is 7.20. The zero-order chi connectivity index (χ0) is 10.2. The largest absolute Gasteiger partial charge is 0.343 e. The molecule has 0 spiro atoms. The van der Waals surface area contributed by atoms with Crippen LogP contribution in [-0.2, 0) is 4.79 Å². The summed E-state index contributed by atoms with van der Waals surface area (Å²) >= 11 is 0. The van der Waals surface area contributed by atoms with Gasteiger partial charge in [-0.3, -0.25) is 4.79 Å². The van der Waals surface area contributed by atoms with Crippen molar-refractivity contribution in [3.05, 3.63) is 13.8 Å². The summed E-state index contributed by atoms with van der Waals surface area (Å²) in [6.07, 6.45) is 2.27. The molecule has 72 valence electrons. The fourth-order valence-electron chi connectivity index (χ4n) is 0.696. The van der Waals surface area contributed by atoms with Gasteiger partial charge in [-0.2, -0.15) is 6.42 Å². The van der Waals surface area contributed by atoms with Crippen molar-refractivity contribution in [3.63, 3.8) is 0 Å². The molecule has 0 aromatic heterocycles. The first-order valence-electron chi connectivity index (χ1n) is 4.58. The van der Waals surface area contributed by atoms with Gasteiger partial charge in [0, 0.05) is 5.41 Å². The highest BCUT2D eigenvalue weighted by Crippen LogP contribution is 2.22. The zero-order valence-electron chi connectivity index (χ0n) is 8.94. The number of carbonyl (C=O) groups excluding carboxylic acids is 1. The van der Waals surface area contributed by atoms with Crippen molar-refractivity contribution >= 4 is 5.78 Å². The predicted octanol–water partition coefficient (Wildman–Crippen LogP) is 3.45. The topological polar surface area (TPSA) is 17.1 Å². The lowest BCUT2D eigenvalue weighted by Gasteiger charge is -2.20. The van der Waals surface area contributed by atoms with E-state index in [0.717, 1.165) is 12.8 Å². The highest BCUT2D eigenvalue weighted by Gasteiger charge is 2.22. The molecular weight excluding hydrogens is 148 g/mol. The Balaban J connectivity index is 0. The summed E-state index contributed by atoms with van der Waals surface area (Å²) < 4.78 is 0. The van der Waals surface area contributed by atoms with E-state index in [0.29, 0.717) is 12.2 Å². The molecule has 1 nitrogen and oxygen atoms in total. The van der Waals surface area contributed by atoms with Crippen LogP contribution in [0.3, 0.4) is 0 Å². The number of carbonyl (C=O) groups is 1. The average molecular weight is 170 g/mol. The second-order valence-electron chi connectivity index (χ2n) is 3.26. The van der Waals surface area contributed by atoms with Gasteiger partial charge in [0.1, 0.15) is 5.78 Å². The maximum Gasteiger partial charge on any atom is 0.135 e. The lowest BCUT2D eigenvalue weighted by Crippen LogP contribution is -2.22. The van der Waals surface area contributed by atoms with E-state index in [1.807, 2.05) is 20.8 Å². The molecule has 0 aliphatic rings. The van der Waals surface area contributed by atoms with Crippen molar-refractivity contribution in [1.82, 2.24) is 0 Å². The lowest BCUT2D eigenvalue weighted by atomic mass is 9.83. The first-order chi connectivity index (χ1) is 5.54. The van der Waals surface area contributed by atoms with Gasteiger partial charge in [-0.1, -0.05) is 20.8 Å². The number of Topliss-reactive ketones (excluding diaryl/α,β-unsaturated/α-hetero) is 1. The van der Waals surface area contributed by atoms with E-state index in [4.69, 9.17) is 0 Å². The summed E-state index contributed by atoms with van der Waals surface area (Å²) in [5.74, 6) is 0.338. The van der Waals surface area contributed by atoms with Crippen molar-refractivity contribution < 1.29 is 4.79 Å². The normalized spacial score (nSPS) is 10.1. The fourth-order valence-corrected chi connectivity index (χ4v) is 0.696. The zero-order valence-corrected chi connectivity index (χ0v) is 8.94. The van der Waals surface area contributed by atoms with E-state index in [1.165, 1.54) is 0 Å².